The number of phenolic OH excluding ortho intramolecular Hbond substituents is 1. The minimum Gasteiger partial charge on any atom is -0.508 e. The molecular weight excluding hydrogens is 248 g/mol. The van der Waals surface area contributed by atoms with Crippen LogP contribution < -0.4 is 4.74 Å². The number of phenols is 1. The fourth-order valence-electron chi connectivity index (χ4n) is 1.22. The third-order valence-corrected chi connectivity index (χ3v) is 2.17. The number of aromatic hydroxyl groups is 1. The van der Waals surface area contributed by atoms with Crippen LogP contribution in [0.3, 0.4) is 0 Å². The number of hydrogen-bond donors (Lipinski definition) is 1. The smallest absolute Gasteiger partial charge is 0.225 e. The Kier molecular flexibility index (Phi) is 2.25. The number of halogens is 1. The molecule has 0 spiro atoms. The van der Waals surface area contributed by atoms with Gasteiger partial charge in [-0.2, -0.15) is 4.98 Å². The number of fused-ring (bicyclic) bond motifs is 1. The van der Waals surface area contributed by atoms with Crippen molar-refractivity contribution in [3.63, 3.8) is 0 Å². The van der Waals surface area contributed by atoms with Crippen LogP contribution in [0.1, 0.15) is 0 Å². The first-order chi connectivity index (χ1) is 6.70. The second kappa shape index (κ2) is 3.42. The topological polar surface area (TPSA) is 55.2 Å². The number of nitrogens with zero attached hydrogens (tertiary/aromatic N) is 2. The van der Waals surface area contributed by atoms with Crippen LogP contribution >= 0.6 is 15.9 Å². The first-order valence-corrected chi connectivity index (χ1v) is 4.70. The first kappa shape index (κ1) is 9.21. The van der Waals surface area contributed by atoms with Gasteiger partial charge < -0.3 is 9.84 Å². The van der Waals surface area contributed by atoms with E-state index in [2.05, 4.69) is 25.9 Å². The molecule has 1 heterocycles. The zero-order valence-electron chi connectivity index (χ0n) is 7.36. The Morgan fingerprint density at radius 3 is 2.86 bits per heavy atom. The molecule has 5 heteroatoms. The summed E-state index contributed by atoms with van der Waals surface area (Å²) in [6.07, 6.45) is 0. The van der Waals surface area contributed by atoms with Gasteiger partial charge in [-0.1, -0.05) is 0 Å². The summed E-state index contributed by atoms with van der Waals surface area (Å²) in [5, 5.41) is 10.0. The van der Waals surface area contributed by atoms with Crippen LogP contribution in [0, 0.1) is 0 Å². The Morgan fingerprint density at radius 2 is 2.14 bits per heavy atom. The average Bonchev–Trinajstić information content (AvgIpc) is 2.15. The maximum atomic E-state index is 9.27. The molecule has 0 aliphatic heterocycles. The molecule has 1 aromatic heterocycles. The lowest BCUT2D eigenvalue weighted by Crippen LogP contribution is -1.92. The van der Waals surface area contributed by atoms with Crippen molar-refractivity contribution in [2.75, 3.05) is 7.11 Å². The third kappa shape index (κ3) is 1.50. The fraction of sp³-hybridized carbons (Fsp3) is 0.111. The SMILES string of the molecule is COc1nc(Br)nc2cc(O)ccc12. The van der Waals surface area contributed by atoms with E-state index in [9.17, 15) is 5.11 Å². The summed E-state index contributed by atoms with van der Waals surface area (Å²) in [5.41, 5.74) is 0.642. The van der Waals surface area contributed by atoms with Gasteiger partial charge in [-0.3, -0.25) is 0 Å². The summed E-state index contributed by atoms with van der Waals surface area (Å²) in [4.78, 5) is 8.16. The van der Waals surface area contributed by atoms with Gasteiger partial charge in [0.1, 0.15) is 5.75 Å². The molecule has 0 aliphatic rings. The van der Waals surface area contributed by atoms with Gasteiger partial charge in [0.25, 0.3) is 0 Å². The molecule has 0 bridgehead atoms. The van der Waals surface area contributed by atoms with Gasteiger partial charge in [0.15, 0.2) is 0 Å². The van der Waals surface area contributed by atoms with Crippen molar-refractivity contribution in [3.05, 3.63) is 22.9 Å². The van der Waals surface area contributed by atoms with Crippen molar-refractivity contribution in [2.45, 2.75) is 0 Å². The van der Waals surface area contributed by atoms with Crippen molar-refractivity contribution in [1.29, 1.82) is 0 Å². The molecular formula is C9H7BrN2O2. The highest BCUT2D eigenvalue weighted by molar-refractivity contribution is 9.10. The lowest BCUT2D eigenvalue weighted by atomic mass is 10.2. The number of rotatable bonds is 1. The van der Waals surface area contributed by atoms with Crippen LogP contribution in [0.25, 0.3) is 10.9 Å². The molecule has 0 saturated carbocycles. The van der Waals surface area contributed by atoms with E-state index in [4.69, 9.17) is 4.74 Å². The standard InChI is InChI=1S/C9H7BrN2O2/c1-14-8-6-3-2-5(13)4-7(6)11-9(10)12-8/h2-4,13H,1H3. The van der Waals surface area contributed by atoms with Crippen LogP contribution in [0.4, 0.5) is 0 Å². The minimum absolute atomic E-state index is 0.171. The molecule has 0 saturated heterocycles. The van der Waals surface area contributed by atoms with Crippen LogP contribution in [0.2, 0.25) is 0 Å². The van der Waals surface area contributed by atoms with E-state index < -0.39 is 0 Å². The molecule has 0 aliphatic carbocycles. The second-order valence-corrected chi connectivity index (χ2v) is 3.41. The maximum absolute atomic E-state index is 9.27. The van der Waals surface area contributed by atoms with Gasteiger partial charge in [-0.15, -0.1) is 0 Å². The Labute approximate surface area is 88.7 Å². The summed E-state index contributed by atoms with van der Waals surface area (Å²) in [7, 11) is 1.54. The molecule has 72 valence electrons. The summed E-state index contributed by atoms with van der Waals surface area (Å²) in [5.74, 6) is 0.659. The number of methoxy groups -OCH3 is 1. The Balaban J connectivity index is 2.81. The molecule has 1 aromatic carbocycles. The lowest BCUT2D eigenvalue weighted by molar-refractivity contribution is 0.401. The molecule has 2 rings (SSSR count). The number of benzene rings is 1. The second-order valence-electron chi connectivity index (χ2n) is 2.70. The maximum Gasteiger partial charge on any atom is 0.225 e. The Morgan fingerprint density at radius 1 is 1.36 bits per heavy atom. The first-order valence-electron chi connectivity index (χ1n) is 3.91. The summed E-state index contributed by atoms with van der Waals surface area (Å²) >= 11 is 3.16. The van der Waals surface area contributed by atoms with E-state index in [1.807, 2.05) is 0 Å². The van der Waals surface area contributed by atoms with Crippen molar-refractivity contribution in [3.8, 4) is 11.6 Å². The molecule has 0 atom stereocenters. The lowest BCUT2D eigenvalue weighted by Gasteiger charge is -2.04. The molecule has 0 unspecified atom stereocenters. The van der Waals surface area contributed by atoms with Crippen molar-refractivity contribution < 1.29 is 9.84 Å². The van der Waals surface area contributed by atoms with E-state index in [0.29, 0.717) is 16.1 Å². The van der Waals surface area contributed by atoms with Gasteiger partial charge >= 0.3 is 0 Å². The third-order valence-electron chi connectivity index (χ3n) is 1.81. The normalized spacial score (nSPS) is 10.4. The van der Waals surface area contributed by atoms with Gasteiger partial charge in [-0.05, 0) is 28.1 Å². The van der Waals surface area contributed by atoms with Gasteiger partial charge in [0.05, 0.1) is 18.0 Å². The largest absolute Gasteiger partial charge is 0.508 e. The predicted octanol–water partition coefficient (Wildman–Crippen LogP) is 2.11. The molecule has 1 N–H and O–H groups in total. The molecule has 4 nitrogen and oxygen atoms in total. The van der Waals surface area contributed by atoms with Crippen LogP contribution in [-0.4, -0.2) is 22.2 Å². The van der Waals surface area contributed by atoms with E-state index in [1.54, 1.807) is 25.3 Å². The summed E-state index contributed by atoms with van der Waals surface area (Å²) in [6, 6.07) is 4.85. The number of ether oxygens (including phenoxy) is 1. The van der Waals surface area contributed by atoms with Crippen molar-refractivity contribution in [1.82, 2.24) is 9.97 Å². The molecule has 0 amide bonds. The quantitative estimate of drug-likeness (QED) is 0.793. The highest BCUT2D eigenvalue weighted by Gasteiger charge is 2.06. The van der Waals surface area contributed by atoms with Gasteiger partial charge in [-0.25, -0.2) is 4.98 Å². The van der Waals surface area contributed by atoms with E-state index in [1.165, 1.54) is 0 Å². The van der Waals surface area contributed by atoms with Crippen LogP contribution in [0.15, 0.2) is 22.9 Å². The van der Waals surface area contributed by atoms with Gasteiger partial charge in [0.2, 0.25) is 10.6 Å². The fourth-order valence-corrected chi connectivity index (χ4v) is 1.57. The van der Waals surface area contributed by atoms with E-state index in [-0.39, 0.29) is 5.75 Å². The molecule has 2 aromatic rings. The Bertz CT molecular complexity index is 482. The highest BCUT2D eigenvalue weighted by atomic mass is 79.9. The van der Waals surface area contributed by atoms with Crippen molar-refractivity contribution >= 4 is 26.8 Å². The molecule has 0 fully saturated rings. The van der Waals surface area contributed by atoms with E-state index >= 15 is 0 Å². The molecule has 0 radical (unpaired) electrons. The predicted molar refractivity (Wildman–Crippen MR) is 55.5 cm³/mol. The van der Waals surface area contributed by atoms with Crippen LogP contribution in [0.5, 0.6) is 11.6 Å². The van der Waals surface area contributed by atoms with Gasteiger partial charge in [0, 0.05) is 6.07 Å². The highest BCUT2D eigenvalue weighted by Crippen LogP contribution is 2.26. The van der Waals surface area contributed by atoms with Crippen LogP contribution in [-0.2, 0) is 0 Å². The molecule has 14 heavy (non-hydrogen) atoms. The minimum atomic E-state index is 0.171. The average molecular weight is 255 g/mol. The zero-order valence-corrected chi connectivity index (χ0v) is 8.95. The van der Waals surface area contributed by atoms with Crippen molar-refractivity contribution in [2.24, 2.45) is 0 Å². The zero-order chi connectivity index (χ0) is 10.1. The number of aromatic nitrogens is 2. The van der Waals surface area contributed by atoms with E-state index in [0.717, 1.165) is 5.39 Å². The monoisotopic (exact) mass is 254 g/mol. The summed E-state index contributed by atoms with van der Waals surface area (Å²) in [6.45, 7) is 0. The summed E-state index contributed by atoms with van der Waals surface area (Å²) < 4.78 is 5.52. The Hall–Kier alpha value is -1.36. The number of hydrogen-bond acceptors (Lipinski definition) is 4.